The number of nitro groups is 1. The first kappa shape index (κ1) is 31.0. The molecule has 3 amide bonds. The minimum atomic E-state index is -0.453. The van der Waals surface area contributed by atoms with Crippen LogP contribution in [0.25, 0.3) is 0 Å². The molecular weight excluding hydrogens is 534 g/mol. The van der Waals surface area contributed by atoms with Crippen LogP contribution in [0.5, 0.6) is 0 Å². The van der Waals surface area contributed by atoms with Gasteiger partial charge in [0.15, 0.2) is 0 Å². The van der Waals surface area contributed by atoms with Crippen LogP contribution in [0.15, 0.2) is 67.3 Å². The van der Waals surface area contributed by atoms with Crippen LogP contribution < -0.4 is 0 Å². The molecule has 0 aromatic heterocycles. The highest BCUT2D eigenvalue weighted by molar-refractivity contribution is 5.74. The standard InChI is InChI=1S/C32H43N5O5/c1-5-17-36(32(39)42-23-24-11-13-28(14-12-24)37(40)41)27-15-18-35(19-16-27)22-26-20-29(34(4)31(38)33(2)3)21-30(26)25-9-7-6-8-10-25/h5-14,26-27,29-30H,1,15-23H2,2-4H3/t26-,29-,30-/m1/s1. The van der Waals surface area contributed by atoms with Gasteiger partial charge in [0.25, 0.3) is 5.69 Å². The zero-order valence-corrected chi connectivity index (χ0v) is 24.9. The summed E-state index contributed by atoms with van der Waals surface area (Å²) in [6.07, 6.45) is 4.91. The van der Waals surface area contributed by atoms with Crippen molar-refractivity contribution >= 4 is 17.8 Å². The van der Waals surface area contributed by atoms with Crippen LogP contribution in [-0.2, 0) is 11.3 Å². The first-order valence-electron chi connectivity index (χ1n) is 14.7. The van der Waals surface area contributed by atoms with Crippen LogP contribution >= 0.6 is 0 Å². The van der Waals surface area contributed by atoms with Gasteiger partial charge in [0, 0.05) is 71.5 Å². The molecule has 0 unspecified atom stereocenters. The molecule has 1 heterocycles. The van der Waals surface area contributed by atoms with Gasteiger partial charge in [-0.1, -0.05) is 36.4 Å². The fourth-order valence-electron chi connectivity index (χ4n) is 6.39. The average Bonchev–Trinajstić information content (AvgIpc) is 3.42. The second-order valence-corrected chi connectivity index (χ2v) is 11.6. The number of piperidine rings is 1. The van der Waals surface area contributed by atoms with Gasteiger partial charge in [-0.3, -0.25) is 10.1 Å². The number of rotatable bonds is 10. The minimum Gasteiger partial charge on any atom is -0.445 e. The molecule has 1 aliphatic heterocycles. The van der Waals surface area contributed by atoms with Crippen molar-refractivity contribution in [2.75, 3.05) is 47.3 Å². The second kappa shape index (κ2) is 14.3. The van der Waals surface area contributed by atoms with Gasteiger partial charge in [-0.2, -0.15) is 0 Å². The molecule has 1 aliphatic carbocycles. The van der Waals surface area contributed by atoms with Crippen molar-refractivity contribution in [3.05, 3.63) is 88.5 Å². The lowest BCUT2D eigenvalue weighted by Crippen LogP contribution is -2.48. The minimum absolute atomic E-state index is 0.00223. The highest BCUT2D eigenvalue weighted by Crippen LogP contribution is 2.42. The number of nitro benzene ring substituents is 1. The van der Waals surface area contributed by atoms with Crippen molar-refractivity contribution in [3.63, 3.8) is 0 Å². The molecule has 42 heavy (non-hydrogen) atoms. The van der Waals surface area contributed by atoms with Gasteiger partial charge in [0.2, 0.25) is 0 Å². The molecule has 2 aromatic carbocycles. The monoisotopic (exact) mass is 577 g/mol. The molecule has 1 saturated carbocycles. The van der Waals surface area contributed by atoms with Gasteiger partial charge in [-0.05, 0) is 60.8 Å². The van der Waals surface area contributed by atoms with Gasteiger partial charge in [-0.25, -0.2) is 9.59 Å². The molecule has 0 bridgehead atoms. The molecule has 10 heteroatoms. The normalized spacial score (nSPS) is 21.0. The lowest BCUT2D eigenvalue weighted by molar-refractivity contribution is -0.384. The third-order valence-corrected chi connectivity index (χ3v) is 8.69. The van der Waals surface area contributed by atoms with Crippen LogP contribution in [-0.4, -0.2) is 96.1 Å². The molecule has 226 valence electrons. The van der Waals surface area contributed by atoms with Crippen molar-refractivity contribution in [1.82, 2.24) is 19.6 Å². The first-order valence-corrected chi connectivity index (χ1v) is 14.7. The molecule has 0 spiro atoms. The van der Waals surface area contributed by atoms with Crippen LogP contribution in [0.1, 0.15) is 42.7 Å². The van der Waals surface area contributed by atoms with Crippen molar-refractivity contribution in [2.45, 2.75) is 50.3 Å². The van der Waals surface area contributed by atoms with E-state index >= 15 is 0 Å². The van der Waals surface area contributed by atoms with E-state index in [0.29, 0.717) is 23.9 Å². The summed E-state index contributed by atoms with van der Waals surface area (Å²) in [5.74, 6) is 0.820. The lowest BCUT2D eigenvalue weighted by atomic mass is 9.88. The Morgan fingerprint density at radius 2 is 1.69 bits per heavy atom. The van der Waals surface area contributed by atoms with Gasteiger partial charge in [0.05, 0.1) is 4.92 Å². The smallest absolute Gasteiger partial charge is 0.410 e. The van der Waals surface area contributed by atoms with Crippen LogP contribution in [0, 0.1) is 16.0 Å². The highest BCUT2D eigenvalue weighted by atomic mass is 16.6. The zero-order chi connectivity index (χ0) is 30.2. The maximum atomic E-state index is 13.0. The highest BCUT2D eigenvalue weighted by Gasteiger charge is 2.40. The number of likely N-dealkylation sites (tertiary alicyclic amines) is 1. The Morgan fingerprint density at radius 3 is 2.29 bits per heavy atom. The van der Waals surface area contributed by atoms with E-state index in [9.17, 15) is 19.7 Å². The summed E-state index contributed by atoms with van der Waals surface area (Å²) < 4.78 is 5.58. The number of urea groups is 1. The Bertz CT molecular complexity index is 1210. The first-order chi connectivity index (χ1) is 20.2. The van der Waals surface area contributed by atoms with E-state index in [-0.39, 0.29) is 30.4 Å². The molecule has 1 saturated heterocycles. The topological polar surface area (TPSA) is 99.5 Å². The summed E-state index contributed by atoms with van der Waals surface area (Å²) in [5.41, 5.74) is 2.03. The molecule has 0 radical (unpaired) electrons. The number of hydrogen-bond donors (Lipinski definition) is 0. The Kier molecular flexibility index (Phi) is 10.6. The fraction of sp³-hybridized carbons (Fsp3) is 0.500. The second-order valence-electron chi connectivity index (χ2n) is 11.6. The van der Waals surface area contributed by atoms with Crippen molar-refractivity contribution < 1.29 is 19.2 Å². The number of carbonyl (C=O) groups excluding carboxylic acids is 2. The SMILES string of the molecule is C=CCN(C(=O)OCc1ccc([N+](=O)[O-])cc1)C1CCN(C[C@H]2C[C@@H](N(C)C(=O)N(C)C)C[C@@H]2c2ccccc2)CC1. The van der Waals surface area contributed by atoms with Crippen molar-refractivity contribution in [1.29, 1.82) is 0 Å². The third-order valence-electron chi connectivity index (χ3n) is 8.69. The fourth-order valence-corrected chi connectivity index (χ4v) is 6.39. The van der Waals surface area contributed by atoms with Gasteiger partial charge >= 0.3 is 12.1 Å². The average molecular weight is 578 g/mol. The molecule has 2 aromatic rings. The van der Waals surface area contributed by atoms with E-state index in [1.807, 2.05) is 18.0 Å². The largest absolute Gasteiger partial charge is 0.445 e. The molecule has 3 atom stereocenters. The van der Waals surface area contributed by atoms with E-state index < -0.39 is 11.0 Å². The summed E-state index contributed by atoms with van der Waals surface area (Å²) in [5, 5.41) is 10.9. The van der Waals surface area contributed by atoms with Gasteiger partial charge in [-0.15, -0.1) is 6.58 Å². The van der Waals surface area contributed by atoms with Crippen molar-refractivity contribution in [2.24, 2.45) is 5.92 Å². The Labute approximate surface area is 248 Å². The van der Waals surface area contributed by atoms with E-state index in [1.54, 1.807) is 42.1 Å². The van der Waals surface area contributed by atoms with E-state index in [1.165, 1.54) is 17.7 Å². The quantitative estimate of drug-likeness (QED) is 0.214. The maximum Gasteiger partial charge on any atom is 0.410 e. The number of nitrogens with zero attached hydrogens (tertiary/aromatic N) is 5. The van der Waals surface area contributed by atoms with Gasteiger partial charge < -0.3 is 24.3 Å². The zero-order valence-electron chi connectivity index (χ0n) is 24.9. The Balaban J connectivity index is 1.34. The predicted molar refractivity (Wildman–Crippen MR) is 162 cm³/mol. The number of amides is 3. The van der Waals surface area contributed by atoms with Crippen molar-refractivity contribution in [3.8, 4) is 0 Å². The number of hydrogen-bond acceptors (Lipinski definition) is 6. The lowest BCUT2D eigenvalue weighted by Gasteiger charge is -2.39. The molecular formula is C32H43N5O5. The maximum absolute atomic E-state index is 13.0. The van der Waals surface area contributed by atoms with E-state index in [4.69, 9.17) is 4.74 Å². The molecule has 2 fully saturated rings. The summed E-state index contributed by atoms with van der Waals surface area (Å²) in [6.45, 7) is 7.00. The van der Waals surface area contributed by atoms with Crippen LogP contribution in [0.2, 0.25) is 0 Å². The number of benzene rings is 2. The molecule has 0 N–H and O–H groups in total. The summed E-state index contributed by atoms with van der Waals surface area (Å²) in [4.78, 5) is 44.0. The van der Waals surface area contributed by atoms with Gasteiger partial charge in [0.1, 0.15) is 6.61 Å². The summed E-state index contributed by atoms with van der Waals surface area (Å²) in [6, 6.07) is 16.9. The Hall–Kier alpha value is -3.92. The van der Waals surface area contributed by atoms with Crippen LogP contribution in [0.3, 0.4) is 0 Å². The van der Waals surface area contributed by atoms with E-state index in [2.05, 4.69) is 35.7 Å². The van der Waals surface area contributed by atoms with E-state index in [0.717, 1.165) is 45.3 Å². The number of ether oxygens (including phenoxy) is 1. The predicted octanol–water partition coefficient (Wildman–Crippen LogP) is 5.36. The number of carbonyl (C=O) groups is 2. The Morgan fingerprint density at radius 1 is 1.02 bits per heavy atom. The number of non-ortho nitro benzene ring substituents is 1. The third kappa shape index (κ3) is 7.67. The van der Waals surface area contributed by atoms with Crippen LogP contribution in [0.4, 0.5) is 15.3 Å². The molecule has 2 aliphatic rings. The molecule has 10 nitrogen and oxygen atoms in total. The molecule has 4 rings (SSSR count). The summed E-state index contributed by atoms with van der Waals surface area (Å²) >= 11 is 0. The summed E-state index contributed by atoms with van der Waals surface area (Å²) in [7, 11) is 5.51.